The van der Waals surface area contributed by atoms with Crippen molar-refractivity contribution < 1.29 is 22.7 Å². The van der Waals surface area contributed by atoms with Crippen LogP contribution in [0.2, 0.25) is 0 Å². The highest BCUT2D eigenvalue weighted by atomic mass is 19.4. The quantitative estimate of drug-likeness (QED) is 0.510. The molecule has 2 heterocycles. The van der Waals surface area contributed by atoms with E-state index in [2.05, 4.69) is 25.5 Å². The van der Waals surface area contributed by atoms with Gasteiger partial charge < -0.3 is 25.2 Å². The number of rotatable bonds is 6. The minimum absolute atomic E-state index is 0.0706. The van der Waals surface area contributed by atoms with Crippen LogP contribution < -0.4 is 20.3 Å². The van der Waals surface area contributed by atoms with Crippen LogP contribution in [0.1, 0.15) is 21.5 Å². The molecule has 0 bridgehead atoms. The Bertz CT molecular complexity index is 1240. The van der Waals surface area contributed by atoms with E-state index in [0.717, 1.165) is 30.8 Å². The van der Waals surface area contributed by atoms with Gasteiger partial charge in [-0.2, -0.15) is 13.2 Å². The molecular weight excluding hydrogens is 473 g/mol. The maximum Gasteiger partial charge on any atom is 0.416 e. The molecule has 0 atom stereocenters. The number of hydrogen-bond acceptors (Lipinski definition) is 7. The minimum Gasteiger partial charge on any atom is -0.439 e. The number of carbonyl (C=O) groups excluding carboxylic acids is 1. The lowest BCUT2D eigenvalue weighted by Gasteiger charge is -2.34. The van der Waals surface area contributed by atoms with Gasteiger partial charge in [-0.1, -0.05) is 6.07 Å². The van der Waals surface area contributed by atoms with Crippen molar-refractivity contribution in [2.45, 2.75) is 13.1 Å². The number of aryl methyl sites for hydroxylation is 1. The third-order valence-electron chi connectivity index (χ3n) is 5.93. The fourth-order valence-electron chi connectivity index (χ4n) is 3.79. The second kappa shape index (κ2) is 10.4. The summed E-state index contributed by atoms with van der Waals surface area (Å²) in [7, 11) is 3.68. The van der Waals surface area contributed by atoms with Gasteiger partial charge >= 0.3 is 6.18 Å². The monoisotopic (exact) mass is 500 g/mol. The van der Waals surface area contributed by atoms with Crippen molar-refractivity contribution >= 4 is 23.1 Å². The molecule has 36 heavy (non-hydrogen) atoms. The molecule has 0 aliphatic carbocycles. The summed E-state index contributed by atoms with van der Waals surface area (Å²) in [5.41, 5.74) is 0.669. The van der Waals surface area contributed by atoms with Crippen molar-refractivity contribution in [1.82, 2.24) is 14.9 Å². The summed E-state index contributed by atoms with van der Waals surface area (Å²) >= 11 is 0. The molecule has 0 saturated carbocycles. The number of nitrogens with zero attached hydrogens (tertiary/aromatic N) is 4. The fraction of sp³-hybridized carbons (Fsp3) is 0.320. The maximum atomic E-state index is 13.6. The normalized spacial score (nSPS) is 14.4. The Morgan fingerprint density at radius 2 is 1.78 bits per heavy atom. The van der Waals surface area contributed by atoms with Crippen LogP contribution in [0.5, 0.6) is 11.6 Å². The molecule has 11 heteroatoms. The Hall–Kier alpha value is -3.86. The smallest absolute Gasteiger partial charge is 0.416 e. The van der Waals surface area contributed by atoms with E-state index in [0.29, 0.717) is 30.3 Å². The Labute approximate surface area is 207 Å². The largest absolute Gasteiger partial charge is 0.439 e. The Morgan fingerprint density at radius 3 is 2.47 bits per heavy atom. The molecule has 1 aromatic heterocycles. The summed E-state index contributed by atoms with van der Waals surface area (Å²) in [5.74, 6) is 0.685. The SMILES string of the molecule is CNc1cc(Oc2cc(C(=O)Nc3cc(N4CCN(C)CC4)cc(C(F)(F)F)c3)ccc2C)ncn1. The van der Waals surface area contributed by atoms with Crippen LogP contribution in [0.4, 0.5) is 30.4 Å². The van der Waals surface area contributed by atoms with Crippen molar-refractivity contribution in [2.24, 2.45) is 0 Å². The number of ether oxygens (including phenoxy) is 1. The average Bonchev–Trinajstić information content (AvgIpc) is 2.85. The number of likely N-dealkylation sites (N-methyl/N-ethyl adjacent to an activating group) is 1. The number of hydrogen-bond donors (Lipinski definition) is 2. The number of alkyl halides is 3. The summed E-state index contributed by atoms with van der Waals surface area (Å²) in [6.45, 7) is 4.50. The van der Waals surface area contributed by atoms with Crippen LogP contribution in [0.25, 0.3) is 0 Å². The van der Waals surface area contributed by atoms with E-state index in [1.807, 2.05) is 18.9 Å². The van der Waals surface area contributed by atoms with E-state index in [-0.39, 0.29) is 17.1 Å². The van der Waals surface area contributed by atoms with Gasteiger partial charge in [0.15, 0.2) is 0 Å². The molecule has 190 valence electrons. The molecule has 1 amide bonds. The second-order valence-corrected chi connectivity index (χ2v) is 8.58. The van der Waals surface area contributed by atoms with E-state index >= 15 is 0 Å². The molecule has 1 aliphatic rings. The molecule has 2 aromatic carbocycles. The lowest BCUT2D eigenvalue weighted by Crippen LogP contribution is -2.44. The number of anilines is 3. The van der Waals surface area contributed by atoms with Gasteiger partial charge in [-0.3, -0.25) is 4.79 Å². The van der Waals surface area contributed by atoms with Crippen molar-refractivity contribution in [3.05, 3.63) is 65.5 Å². The first-order valence-corrected chi connectivity index (χ1v) is 11.4. The molecule has 0 spiro atoms. The third kappa shape index (κ3) is 6.03. The van der Waals surface area contributed by atoms with Crippen LogP contribution in [0.3, 0.4) is 0 Å². The van der Waals surface area contributed by atoms with Crippen LogP contribution in [-0.4, -0.2) is 61.0 Å². The van der Waals surface area contributed by atoms with Gasteiger partial charge in [0.2, 0.25) is 5.88 Å². The van der Waals surface area contributed by atoms with Gasteiger partial charge in [0.1, 0.15) is 17.9 Å². The van der Waals surface area contributed by atoms with Gasteiger partial charge in [-0.25, -0.2) is 9.97 Å². The van der Waals surface area contributed by atoms with Crippen molar-refractivity contribution in [1.29, 1.82) is 0 Å². The molecule has 2 N–H and O–H groups in total. The third-order valence-corrected chi connectivity index (χ3v) is 5.93. The van der Waals surface area contributed by atoms with Crippen LogP contribution in [0, 0.1) is 6.92 Å². The predicted octanol–water partition coefficient (Wildman–Crippen LogP) is 4.64. The summed E-state index contributed by atoms with van der Waals surface area (Å²) in [4.78, 5) is 25.1. The number of amides is 1. The van der Waals surface area contributed by atoms with Crippen molar-refractivity contribution in [2.75, 3.05) is 55.8 Å². The molecule has 0 unspecified atom stereocenters. The summed E-state index contributed by atoms with van der Waals surface area (Å²) in [5, 5.41) is 5.51. The van der Waals surface area contributed by atoms with Crippen LogP contribution in [0.15, 0.2) is 48.8 Å². The van der Waals surface area contributed by atoms with Gasteiger partial charge in [0, 0.05) is 56.2 Å². The highest BCUT2D eigenvalue weighted by Crippen LogP contribution is 2.35. The van der Waals surface area contributed by atoms with Crippen LogP contribution in [-0.2, 0) is 6.18 Å². The average molecular weight is 501 g/mol. The van der Waals surface area contributed by atoms with Crippen molar-refractivity contribution in [3.8, 4) is 11.6 Å². The Balaban J connectivity index is 1.58. The predicted molar refractivity (Wildman–Crippen MR) is 132 cm³/mol. The lowest BCUT2D eigenvalue weighted by molar-refractivity contribution is -0.137. The minimum atomic E-state index is -4.54. The Morgan fingerprint density at radius 1 is 1.03 bits per heavy atom. The first-order chi connectivity index (χ1) is 17.1. The van der Waals surface area contributed by atoms with E-state index < -0.39 is 17.6 Å². The molecule has 1 fully saturated rings. The fourth-order valence-corrected chi connectivity index (χ4v) is 3.79. The summed E-state index contributed by atoms with van der Waals surface area (Å²) in [6.07, 6.45) is -3.20. The standard InChI is InChI=1S/C25H27F3N6O2/c1-16-4-5-17(10-21(16)36-23-14-22(29-2)30-15-31-23)24(35)32-19-11-18(25(26,27)28)12-20(13-19)34-8-6-33(3)7-9-34/h4-5,10-15H,6-9H2,1-3H3,(H,32,35)(H,29,30,31). The highest BCUT2D eigenvalue weighted by molar-refractivity contribution is 6.04. The lowest BCUT2D eigenvalue weighted by atomic mass is 10.1. The van der Waals surface area contributed by atoms with Gasteiger partial charge in [-0.15, -0.1) is 0 Å². The van der Waals surface area contributed by atoms with E-state index in [9.17, 15) is 18.0 Å². The number of halogens is 3. The first kappa shape index (κ1) is 25.2. The van der Waals surface area contributed by atoms with Gasteiger partial charge in [0.25, 0.3) is 5.91 Å². The van der Waals surface area contributed by atoms with Crippen LogP contribution >= 0.6 is 0 Å². The molecule has 0 radical (unpaired) electrons. The first-order valence-electron chi connectivity index (χ1n) is 11.4. The molecule has 8 nitrogen and oxygen atoms in total. The zero-order chi connectivity index (χ0) is 25.9. The van der Waals surface area contributed by atoms with E-state index in [1.54, 1.807) is 31.3 Å². The second-order valence-electron chi connectivity index (χ2n) is 8.58. The molecule has 4 rings (SSSR count). The topological polar surface area (TPSA) is 82.6 Å². The zero-order valence-electron chi connectivity index (χ0n) is 20.2. The summed E-state index contributed by atoms with van der Waals surface area (Å²) < 4.78 is 46.7. The van der Waals surface area contributed by atoms with Gasteiger partial charge in [0.05, 0.1) is 5.56 Å². The highest BCUT2D eigenvalue weighted by Gasteiger charge is 2.32. The van der Waals surface area contributed by atoms with E-state index in [4.69, 9.17) is 4.74 Å². The number of aromatic nitrogens is 2. The number of piperazine rings is 1. The summed E-state index contributed by atoms with van der Waals surface area (Å²) in [6, 6.07) is 10.1. The maximum absolute atomic E-state index is 13.6. The van der Waals surface area contributed by atoms with E-state index in [1.165, 1.54) is 12.4 Å². The molecule has 3 aromatic rings. The zero-order valence-corrected chi connectivity index (χ0v) is 20.2. The number of nitrogens with one attached hydrogen (secondary N) is 2. The number of benzene rings is 2. The molecule has 1 saturated heterocycles. The Kier molecular flexibility index (Phi) is 7.30. The molecule has 1 aliphatic heterocycles. The van der Waals surface area contributed by atoms with Gasteiger partial charge in [-0.05, 0) is 49.9 Å². The number of carbonyl (C=O) groups is 1. The molecular formula is C25H27F3N6O2. The van der Waals surface area contributed by atoms with Crippen molar-refractivity contribution in [3.63, 3.8) is 0 Å².